The highest BCUT2D eigenvalue weighted by Crippen LogP contribution is 2.31. The number of carbonyl (C=O) groups excluding carboxylic acids is 7. The summed E-state index contributed by atoms with van der Waals surface area (Å²) >= 11 is 0. The fourth-order valence-corrected chi connectivity index (χ4v) is 9.60. The number of benzene rings is 1. The summed E-state index contributed by atoms with van der Waals surface area (Å²) in [5.41, 5.74) is -0.298. The van der Waals surface area contributed by atoms with Crippen LogP contribution in [0, 0.1) is 17.8 Å². The number of nitrogens with zero attached hydrogens (tertiary/aromatic N) is 4. The zero-order chi connectivity index (χ0) is 50.1. The van der Waals surface area contributed by atoms with E-state index in [9.17, 15) is 33.6 Å². The number of hydrogen-bond acceptors (Lipinski definition) is 10. The third kappa shape index (κ3) is 13.7. The van der Waals surface area contributed by atoms with Crippen molar-refractivity contribution < 1.29 is 45.8 Å². The Morgan fingerprint density at radius 3 is 2.23 bits per heavy atom. The van der Waals surface area contributed by atoms with Crippen molar-refractivity contribution in [3.8, 4) is 0 Å². The van der Waals surface area contributed by atoms with Gasteiger partial charge in [-0.2, -0.15) is 0 Å². The molecule has 3 N–H and O–H groups in total. The highest BCUT2D eigenvalue weighted by molar-refractivity contribution is 6.12. The minimum atomic E-state index is -1.17. The number of methoxy groups -OCH3 is 2. The van der Waals surface area contributed by atoms with Gasteiger partial charge in [-0.1, -0.05) is 84.2 Å². The molecule has 2 saturated heterocycles. The zero-order valence-corrected chi connectivity index (χ0v) is 40.7. The Kier molecular flexibility index (Phi) is 19.6. The van der Waals surface area contributed by atoms with Crippen LogP contribution in [0.5, 0.6) is 0 Å². The molecule has 9 atom stereocenters. The predicted octanol–water partition coefficient (Wildman–Crippen LogP) is 3.86. The number of imide groups is 1. The van der Waals surface area contributed by atoms with Crippen molar-refractivity contribution in [1.82, 2.24) is 35.6 Å². The molecule has 0 aromatic heterocycles. The van der Waals surface area contributed by atoms with Crippen molar-refractivity contribution in [2.45, 2.75) is 154 Å². The zero-order valence-electron chi connectivity index (χ0n) is 42.7. The van der Waals surface area contributed by atoms with Crippen LogP contribution in [-0.4, -0.2) is 157 Å². The molecule has 0 saturated carbocycles. The van der Waals surface area contributed by atoms with Crippen molar-refractivity contribution in [2.24, 2.45) is 17.8 Å². The summed E-state index contributed by atoms with van der Waals surface area (Å²) in [6, 6.07) is 6.64. The summed E-state index contributed by atoms with van der Waals surface area (Å²) in [6.45, 7) is 11.0. The maximum absolute atomic E-state index is 14.5. The Labute approximate surface area is 396 Å². The molecule has 3 aliphatic heterocycles. The SMILES string of the molecule is [2H]CN1CCC[C@@]1(C[2H])C(=O)N[C@H](C(=O)N(C)[C@@H]([C@@H](C)CC)[C@@H](CC(=O)N1CCC[C@H]1[C@H](OC)[C@@H](C)C(=O)N[C@@H](Cc1ccccc1)C(=O)NCCCCCCN1C(=O)C=CC1=O)OC)C(C)C. The molecular formula is C50H79N7O9. The van der Waals surface area contributed by atoms with Gasteiger partial charge in [0.2, 0.25) is 29.5 Å². The van der Waals surface area contributed by atoms with Gasteiger partial charge in [0.1, 0.15) is 12.1 Å². The van der Waals surface area contributed by atoms with Gasteiger partial charge in [0.15, 0.2) is 0 Å². The van der Waals surface area contributed by atoms with Gasteiger partial charge in [0.05, 0.1) is 42.2 Å². The molecule has 0 aliphatic carbocycles. The summed E-state index contributed by atoms with van der Waals surface area (Å²) in [5.74, 6) is -3.42. The molecular weight excluding hydrogens is 843 g/mol. The number of unbranched alkanes of at least 4 members (excludes halogenated alkanes) is 3. The quantitative estimate of drug-likeness (QED) is 0.0911. The Bertz CT molecular complexity index is 1870. The minimum Gasteiger partial charge on any atom is -0.379 e. The van der Waals surface area contributed by atoms with Crippen molar-refractivity contribution in [1.29, 1.82) is 0 Å². The molecule has 16 heteroatoms. The summed E-state index contributed by atoms with van der Waals surface area (Å²) in [5, 5.41) is 8.94. The number of likely N-dealkylation sites (N-methyl/N-ethyl adjacent to an activating group) is 2. The lowest BCUT2D eigenvalue weighted by Crippen LogP contribution is -2.61. The van der Waals surface area contributed by atoms with Crippen LogP contribution in [0.4, 0.5) is 0 Å². The third-order valence-corrected chi connectivity index (χ3v) is 13.9. The first-order valence-electron chi connectivity index (χ1n) is 25.3. The van der Waals surface area contributed by atoms with Gasteiger partial charge in [0.25, 0.3) is 11.8 Å². The number of amides is 7. The second-order valence-corrected chi connectivity index (χ2v) is 18.8. The fraction of sp³-hybridized carbons (Fsp3) is 0.700. The largest absolute Gasteiger partial charge is 0.379 e. The second-order valence-electron chi connectivity index (χ2n) is 18.8. The summed E-state index contributed by atoms with van der Waals surface area (Å²) in [7, 11) is 4.61. The number of hydrogen-bond donors (Lipinski definition) is 3. The molecule has 1 aromatic carbocycles. The van der Waals surface area contributed by atoms with Crippen LogP contribution in [0.3, 0.4) is 0 Å². The van der Waals surface area contributed by atoms with Gasteiger partial charge in [-0.3, -0.25) is 43.4 Å². The van der Waals surface area contributed by atoms with Crippen molar-refractivity contribution in [3.05, 3.63) is 48.0 Å². The third-order valence-electron chi connectivity index (χ3n) is 13.9. The van der Waals surface area contributed by atoms with E-state index in [1.807, 2.05) is 58.0 Å². The molecule has 16 nitrogen and oxygen atoms in total. The van der Waals surface area contributed by atoms with Gasteiger partial charge >= 0.3 is 0 Å². The first kappa shape index (κ1) is 50.7. The van der Waals surface area contributed by atoms with E-state index >= 15 is 0 Å². The standard InChI is InChI=1S/C50H79N7O9/c1-11-34(4)44(55(8)48(63)43(33(2)3)53-49(64)50(6)26-20-28-54(50)7)39(65-9)32-42(60)56-30-19-23-38(56)45(66-10)35(5)46(61)52-37(31-36-21-15-14-16-22-36)47(62)51-27-17-12-13-18-29-57-40(58)24-25-41(57)59/h14-16,21-22,24-25,33-35,37-39,43-45H,11-13,17-20,23,26-32H2,1-10H3,(H,51,62)(H,52,61)(H,53,64)/t34-,35+,37-,38-,39+,43-,44-,45+,50-/m0/s1/i6D,7D. The van der Waals surface area contributed by atoms with Gasteiger partial charge in [-0.25, -0.2) is 0 Å². The van der Waals surface area contributed by atoms with Crippen LogP contribution in [-0.2, 0) is 49.5 Å². The highest BCUT2D eigenvalue weighted by Gasteiger charge is 2.45. The number of carbonyl (C=O) groups is 7. The van der Waals surface area contributed by atoms with Gasteiger partial charge in [0, 0.05) is 62.2 Å². The lowest BCUT2D eigenvalue weighted by Gasteiger charge is -2.41. The minimum absolute atomic E-state index is 0.0512. The number of likely N-dealkylation sites (tertiary alicyclic amines) is 2. The predicted molar refractivity (Wildman–Crippen MR) is 253 cm³/mol. The molecule has 0 radical (unpaired) electrons. The average Bonchev–Trinajstić information content (AvgIpc) is 4.08. The molecule has 2 fully saturated rings. The second kappa shape index (κ2) is 25.5. The Morgan fingerprint density at radius 2 is 1.61 bits per heavy atom. The van der Waals surface area contributed by atoms with Crippen LogP contribution >= 0.6 is 0 Å². The van der Waals surface area contributed by atoms with E-state index in [1.165, 1.54) is 31.3 Å². The molecule has 3 heterocycles. The normalized spacial score (nSPS) is 22.3. The Hall–Kier alpha value is -4.67. The van der Waals surface area contributed by atoms with Crippen LogP contribution < -0.4 is 16.0 Å². The molecule has 7 amide bonds. The highest BCUT2D eigenvalue weighted by atomic mass is 16.5. The smallest absolute Gasteiger partial charge is 0.253 e. The summed E-state index contributed by atoms with van der Waals surface area (Å²) in [6.07, 6.45) is 7.32. The molecule has 0 spiro atoms. The van der Waals surface area contributed by atoms with Crippen LogP contribution in [0.2, 0.25) is 0 Å². The van der Waals surface area contributed by atoms with Gasteiger partial charge < -0.3 is 35.2 Å². The van der Waals surface area contributed by atoms with E-state index < -0.39 is 53.7 Å². The van der Waals surface area contributed by atoms with E-state index in [1.54, 1.807) is 28.7 Å². The Balaban J connectivity index is 1.42. The van der Waals surface area contributed by atoms with Crippen molar-refractivity contribution in [2.75, 3.05) is 54.5 Å². The first-order chi connectivity index (χ1) is 32.5. The number of ether oxygens (including phenoxy) is 2. The molecule has 368 valence electrons. The fourth-order valence-electron chi connectivity index (χ4n) is 9.60. The van der Waals surface area contributed by atoms with E-state index in [-0.39, 0.29) is 74.0 Å². The van der Waals surface area contributed by atoms with Crippen LogP contribution in [0.25, 0.3) is 0 Å². The lowest BCUT2D eigenvalue weighted by atomic mass is 9.89. The van der Waals surface area contributed by atoms with E-state index in [2.05, 4.69) is 16.0 Å². The van der Waals surface area contributed by atoms with E-state index in [0.717, 1.165) is 18.4 Å². The molecule has 3 aliphatic rings. The molecule has 0 unspecified atom stereocenters. The van der Waals surface area contributed by atoms with Crippen LogP contribution in [0.15, 0.2) is 42.5 Å². The van der Waals surface area contributed by atoms with E-state index in [0.29, 0.717) is 71.1 Å². The monoisotopic (exact) mass is 924 g/mol. The van der Waals surface area contributed by atoms with Crippen LogP contribution in [0.1, 0.15) is 114 Å². The molecule has 0 bridgehead atoms. The number of nitrogens with one attached hydrogen (secondary N) is 3. The average molecular weight is 924 g/mol. The number of rotatable bonds is 26. The molecule has 4 rings (SSSR count). The maximum atomic E-state index is 14.5. The Morgan fingerprint density at radius 1 is 0.909 bits per heavy atom. The van der Waals surface area contributed by atoms with Crippen molar-refractivity contribution in [3.63, 3.8) is 0 Å². The van der Waals surface area contributed by atoms with Crippen molar-refractivity contribution >= 4 is 41.4 Å². The van der Waals surface area contributed by atoms with Gasteiger partial charge in [-0.15, -0.1) is 0 Å². The summed E-state index contributed by atoms with van der Waals surface area (Å²) in [4.78, 5) is 100. The summed E-state index contributed by atoms with van der Waals surface area (Å²) < 4.78 is 28.4. The van der Waals surface area contributed by atoms with E-state index in [4.69, 9.17) is 12.2 Å². The first-order valence-corrected chi connectivity index (χ1v) is 23.9. The topological polar surface area (TPSA) is 187 Å². The molecule has 1 aromatic rings. The molecule has 66 heavy (non-hydrogen) atoms. The maximum Gasteiger partial charge on any atom is 0.253 e. The lowest BCUT2D eigenvalue weighted by molar-refractivity contribution is -0.148. The van der Waals surface area contributed by atoms with Gasteiger partial charge in [-0.05, 0) is 76.4 Å².